The molecule has 3 heterocycles. The van der Waals surface area contributed by atoms with E-state index in [1.807, 2.05) is 12.1 Å². The number of methoxy groups -OCH3 is 1. The van der Waals surface area contributed by atoms with Gasteiger partial charge in [0.05, 0.1) is 12.6 Å². The first kappa shape index (κ1) is 18.8. The number of hydrogen-bond acceptors (Lipinski definition) is 5. The van der Waals surface area contributed by atoms with Crippen LogP contribution in [0.4, 0.5) is 0 Å². The lowest BCUT2D eigenvalue weighted by molar-refractivity contribution is -0.122. The molecule has 1 aliphatic rings. The molecule has 3 rings (SSSR count). The first-order valence-electron chi connectivity index (χ1n) is 9.37. The fourth-order valence-electron chi connectivity index (χ4n) is 3.48. The van der Waals surface area contributed by atoms with Crippen molar-refractivity contribution in [1.82, 2.24) is 19.9 Å². The topological polar surface area (TPSA) is 78.3 Å². The second-order valence-corrected chi connectivity index (χ2v) is 6.86. The molecule has 7 nitrogen and oxygen atoms in total. The van der Waals surface area contributed by atoms with Crippen LogP contribution in [-0.4, -0.2) is 53.4 Å². The monoisotopic (exact) mass is 360 g/mol. The average molecular weight is 360 g/mol. The Labute approximate surface area is 154 Å². The van der Waals surface area contributed by atoms with Crippen LogP contribution in [-0.2, 0) is 20.7 Å². The molecule has 26 heavy (non-hydrogen) atoms. The van der Waals surface area contributed by atoms with Gasteiger partial charge in [-0.05, 0) is 38.3 Å². The largest absolute Gasteiger partial charge is 0.383 e. The molecule has 0 aliphatic carbocycles. The number of pyridine rings is 1. The van der Waals surface area contributed by atoms with E-state index in [9.17, 15) is 4.79 Å². The molecule has 0 saturated carbocycles. The number of aromatic nitrogens is 3. The molecule has 2 aromatic heterocycles. The smallest absolute Gasteiger partial charge is 0.220 e. The van der Waals surface area contributed by atoms with Gasteiger partial charge in [0.15, 0.2) is 5.65 Å². The Morgan fingerprint density at radius 1 is 1.46 bits per heavy atom. The normalized spacial score (nSPS) is 16.7. The predicted octanol–water partition coefficient (Wildman–Crippen LogP) is 2.26. The molecule has 2 aromatic rings. The molecule has 1 aliphatic heterocycles. The van der Waals surface area contributed by atoms with Gasteiger partial charge in [-0.3, -0.25) is 4.79 Å². The van der Waals surface area contributed by atoms with Crippen molar-refractivity contribution in [1.29, 1.82) is 0 Å². The van der Waals surface area contributed by atoms with Crippen molar-refractivity contribution in [3.8, 4) is 0 Å². The maximum atomic E-state index is 12.2. The molecular weight excluding hydrogens is 332 g/mol. The number of rotatable bonds is 8. The first-order chi connectivity index (χ1) is 12.7. The fraction of sp³-hybridized carbons (Fsp3) is 0.632. The third-order valence-electron chi connectivity index (χ3n) is 4.76. The van der Waals surface area contributed by atoms with E-state index in [2.05, 4.69) is 21.8 Å². The maximum absolute atomic E-state index is 12.2. The lowest BCUT2D eigenvalue weighted by atomic mass is 10.1. The number of nitrogens with one attached hydrogen (secondary N) is 1. The molecule has 0 aromatic carbocycles. The maximum Gasteiger partial charge on any atom is 0.220 e. The summed E-state index contributed by atoms with van der Waals surface area (Å²) in [7, 11) is 1.70. The first-order valence-corrected chi connectivity index (χ1v) is 9.37. The number of aryl methyl sites for hydroxylation is 1. The summed E-state index contributed by atoms with van der Waals surface area (Å²) in [5.41, 5.74) is 1.76. The highest BCUT2D eigenvalue weighted by Gasteiger charge is 2.18. The van der Waals surface area contributed by atoms with Crippen LogP contribution in [0.25, 0.3) is 11.2 Å². The van der Waals surface area contributed by atoms with E-state index in [4.69, 9.17) is 14.5 Å². The summed E-state index contributed by atoms with van der Waals surface area (Å²) >= 11 is 0. The highest BCUT2D eigenvalue weighted by molar-refractivity contribution is 5.76. The zero-order valence-electron chi connectivity index (χ0n) is 15.6. The van der Waals surface area contributed by atoms with Crippen molar-refractivity contribution in [2.24, 2.45) is 0 Å². The summed E-state index contributed by atoms with van der Waals surface area (Å²) in [4.78, 5) is 21.4. The second kappa shape index (κ2) is 9.09. The van der Waals surface area contributed by atoms with E-state index in [1.165, 1.54) is 0 Å². The third kappa shape index (κ3) is 4.59. The Balaban J connectivity index is 1.61. The van der Waals surface area contributed by atoms with Gasteiger partial charge >= 0.3 is 0 Å². The molecule has 1 saturated heterocycles. The Morgan fingerprint density at radius 2 is 2.27 bits per heavy atom. The third-order valence-corrected chi connectivity index (χ3v) is 4.76. The second-order valence-electron chi connectivity index (χ2n) is 6.86. The molecule has 1 atom stereocenters. The van der Waals surface area contributed by atoms with Crippen LogP contribution in [0.1, 0.15) is 44.5 Å². The lowest BCUT2D eigenvalue weighted by Crippen LogP contribution is -2.38. The summed E-state index contributed by atoms with van der Waals surface area (Å²) in [6, 6.07) is 4.27. The van der Waals surface area contributed by atoms with Crippen molar-refractivity contribution < 1.29 is 14.3 Å². The van der Waals surface area contributed by atoms with Gasteiger partial charge in [0, 0.05) is 45.4 Å². The number of fused-ring (bicyclic) bond motifs is 1. The number of imidazole rings is 1. The molecule has 1 fully saturated rings. The number of nitrogens with zero attached hydrogens (tertiary/aromatic N) is 3. The minimum absolute atomic E-state index is 0.114. The fourth-order valence-corrected chi connectivity index (χ4v) is 3.48. The molecule has 0 bridgehead atoms. The van der Waals surface area contributed by atoms with E-state index in [1.54, 1.807) is 13.3 Å². The molecule has 1 unspecified atom stereocenters. The quantitative estimate of drug-likeness (QED) is 0.781. The van der Waals surface area contributed by atoms with E-state index in [0.717, 1.165) is 55.9 Å². The van der Waals surface area contributed by atoms with E-state index >= 15 is 0 Å². The number of amides is 1. The summed E-state index contributed by atoms with van der Waals surface area (Å²) in [6.07, 6.45) is 5.60. The van der Waals surface area contributed by atoms with Crippen LogP contribution in [0.3, 0.4) is 0 Å². The highest BCUT2D eigenvalue weighted by Crippen LogP contribution is 2.21. The van der Waals surface area contributed by atoms with E-state index in [-0.39, 0.29) is 18.0 Å². The number of carbonyl (C=O) groups is 1. The molecule has 1 N–H and O–H groups in total. The van der Waals surface area contributed by atoms with Crippen molar-refractivity contribution in [3.63, 3.8) is 0 Å². The summed E-state index contributed by atoms with van der Waals surface area (Å²) < 4.78 is 12.8. The van der Waals surface area contributed by atoms with Crippen molar-refractivity contribution in [2.45, 2.75) is 51.1 Å². The molecule has 0 radical (unpaired) electrons. The van der Waals surface area contributed by atoms with E-state index < -0.39 is 0 Å². The van der Waals surface area contributed by atoms with Gasteiger partial charge in [0.1, 0.15) is 11.3 Å². The Kier molecular flexibility index (Phi) is 6.57. The summed E-state index contributed by atoms with van der Waals surface area (Å²) in [5.74, 6) is 1.07. The number of hydrogen-bond donors (Lipinski definition) is 1. The molecular formula is C19H28N4O3. The van der Waals surface area contributed by atoms with Crippen molar-refractivity contribution >= 4 is 17.1 Å². The molecule has 0 spiro atoms. The summed E-state index contributed by atoms with van der Waals surface area (Å²) in [6.45, 7) is 4.17. The molecule has 7 heteroatoms. The Bertz CT molecular complexity index is 725. The van der Waals surface area contributed by atoms with E-state index in [0.29, 0.717) is 13.0 Å². The van der Waals surface area contributed by atoms with Gasteiger partial charge in [-0.1, -0.05) is 0 Å². The Morgan fingerprint density at radius 3 is 3.04 bits per heavy atom. The molecule has 142 valence electrons. The SMILES string of the molecule is COCC(C)n1c(CCCC(=O)NC2CCOCC2)nc2cccnc21. The zero-order valence-corrected chi connectivity index (χ0v) is 15.6. The lowest BCUT2D eigenvalue weighted by Gasteiger charge is -2.23. The number of ether oxygens (including phenoxy) is 2. The van der Waals surface area contributed by atoms with Crippen LogP contribution in [0, 0.1) is 0 Å². The van der Waals surface area contributed by atoms with Gasteiger partial charge in [-0.2, -0.15) is 0 Å². The van der Waals surface area contributed by atoms with Crippen LogP contribution in [0.15, 0.2) is 18.3 Å². The van der Waals surface area contributed by atoms with Crippen LogP contribution in [0.5, 0.6) is 0 Å². The Hall–Kier alpha value is -1.99. The van der Waals surface area contributed by atoms with Gasteiger partial charge in [0.2, 0.25) is 5.91 Å². The summed E-state index contributed by atoms with van der Waals surface area (Å²) in [5, 5.41) is 3.11. The highest BCUT2D eigenvalue weighted by atomic mass is 16.5. The standard InChI is InChI=1S/C19H28N4O3/c1-14(13-25-2)23-17(22-16-5-4-10-20-19(16)23)6-3-7-18(24)21-15-8-11-26-12-9-15/h4-5,10,14-15H,3,6-9,11-13H2,1-2H3,(H,21,24). The van der Waals surface area contributed by atoms with Gasteiger partial charge < -0.3 is 19.4 Å². The van der Waals surface area contributed by atoms with Crippen LogP contribution < -0.4 is 5.32 Å². The van der Waals surface area contributed by atoms with Crippen LogP contribution in [0.2, 0.25) is 0 Å². The minimum atomic E-state index is 0.114. The van der Waals surface area contributed by atoms with Gasteiger partial charge in [-0.15, -0.1) is 0 Å². The molecule has 1 amide bonds. The minimum Gasteiger partial charge on any atom is -0.383 e. The van der Waals surface area contributed by atoms with Gasteiger partial charge in [0.25, 0.3) is 0 Å². The predicted molar refractivity (Wildman–Crippen MR) is 99.0 cm³/mol. The van der Waals surface area contributed by atoms with Gasteiger partial charge in [-0.25, -0.2) is 9.97 Å². The number of carbonyl (C=O) groups excluding carboxylic acids is 1. The van der Waals surface area contributed by atoms with Crippen LogP contribution >= 0.6 is 0 Å². The zero-order chi connectivity index (χ0) is 18.4. The van der Waals surface area contributed by atoms with Crippen molar-refractivity contribution in [3.05, 3.63) is 24.2 Å². The average Bonchev–Trinajstić information content (AvgIpc) is 3.01. The van der Waals surface area contributed by atoms with Crippen molar-refractivity contribution in [2.75, 3.05) is 26.9 Å².